The monoisotopic (exact) mass is 646 g/mol. The molecule has 8 nitrogen and oxygen atoms in total. The Kier molecular flexibility index (Phi) is 8.96. The van der Waals surface area contributed by atoms with Crippen molar-refractivity contribution in [3.63, 3.8) is 0 Å². The van der Waals surface area contributed by atoms with Crippen LogP contribution in [0.2, 0.25) is 18.1 Å². The van der Waals surface area contributed by atoms with Crippen molar-refractivity contribution in [1.29, 1.82) is 0 Å². The zero-order chi connectivity index (χ0) is 28.7. The van der Waals surface area contributed by atoms with Gasteiger partial charge >= 0.3 is 0 Å². The maximum atomic E-state index is 13.8. The second-order valence-electron chi connectivity index (χ2n) is 10.9. The molecule has 0 aliphatic carbocycles. The van der Waals surface area contributed by atoms with E-state index in [1.165, 1.54) is 22.6 Å². The van der Waals surface area contributed by atoms with Crippen LogP contribution in [0.4, 0.5) is 13.2 Å². The Morgan fingerprint density at radius 1 is 1.10 bits per heavy atom. The Balaban J connectivity index is 1.65. The Hall–Kier alpha value is -1.81. The van der Waals surface area contributed by atoms with Crippen molar-refractivity contribution in [1.82, 2.24) is 20.0 Å². The van der Waals surface area contributed by atoms with Gasteiger partial charge in [0, 0.05) is 27.3 Å². The minimum Gasteiger partial charge on any atom is -0.414 e. The average molecular weight is 648 g/mol. The van der Waals surface area contributed by atoms with E-state index < -0.39 is 55.6 Å². The van der Waals surface area contributed by atoms with Gasteiger partial charge < -0.3 is 19.4 Å². The van der Waals surface area contributed by atoms with Gasteiger partial charge in [0.1, 0.15) is 35.5 Å². The maximum Gasteiger partial charge on any atom is 0.194 e. The van der Waals surface area contributed by atoms with Gasteiger partial charge in [0.05, 0.1) is 12.8 Å². The summed E-state index contributed by atoms with van der Waals surface area (Å²) in [6.45, 7) is 10.5. The molecule has 0 unspecified atom stereocenters. The number of hydrogen-bond donors (Lipinski definition) is 2. The van der Waals surface area contributed by atoms with Crippen LogP contribution in [0.1, 0.15) is 26.8 Å². The van der Waals surface area contributed by atoms with Gasteiger partial charge in [-0.15, -0.1) is 5.10 Å². The number of aromatic nitrogens is 4. The van der Waals surface area contributed by atoms with Gasteiger partial charge in [-0.25, -0.2) is 17.9 Å². The quantitative estimate of drug-likeness (QED) is 0.263. The van der Waals surface area contributed by atoms with Crippen LogP contribution in [-0.4, -0.2) is 68.9 Å². The summed E-state index contributed by atoms with van der Waals surface area (Å²) in [6.07, 6.45) is 1.21. The molecule has 3 heterocycles. The van der Waals surface area contributed by atoms with Crippen molar-refractivity contribution in [2.75, 3.05) is 6.61 Å². The normalized spacial score (nSPS) is 24.2. The maximum absolute atomic E-state index is 13.8. The van der Waals surface area contributed by atoms with E-state index in [-0.39, 0.29) is 22.9 Å². The molecule has 39 heavy (non-hydrogen) atoms. The van der Waals surface area contributed by atoms with Gasteiger partial charge in [-0.3, -0.25) is 4.98 Å². The first kappa shape index (κ1) is 30.2. The molecular formula is C25H30BrF3N4O4SSi. The molecular weight excluding hydrogens is 617 g/mol. The summed E-state index contributed by atoms with van der Waals surface area (Å²) in [7, 11) is -2.21. The molecule has 0 spiro atoms. The molecule has 0 saturated carbocycles. The summed E-state index contributed by atoms with van der Waals surface area (Å²) in [5, 5.41) is 30.6. The summed E-state index contributed by atoms with van der Waals surface area (Å²) in [4.78, 5) is 4.86. The molecule has 1 aliphatic heterocycles. The molecule has 2 N–H and O–H groups in total. The molecule has 14 heteroatoms. The zero-order valence-corrected chi connectivity index (χ0v) is 25.4. The van der Waals surface area contributed by atoms with Crippen LogP contribution in [0, 0.1) is 17.5 Å². The van der Waals surface area contributed by atoms with Crippen LogP contribution >= 0.6 is 27.7 Å². The number of rotatable bonds is 7. The number of halogens is 4. The lowest BCUT2D eigenvalue weighted by atomic mass is 9.97. The number of ether oxygens (including phenoxy) is 1. The lowest BCUT2D eigenvalue weighted by Crippen LogP contribution is -2.56. The highest BCUT2D eigenvalue weighted by Gasteiger charge is 2.48. The van der Waals surface area contributed by atoms with Crippen LogP contribution in [0.25, 0.3) is 11.3 Å². The van der Waals surface area contributed by atoms with Crippen LogP contribution < -0.4 is 0 Å². The van der Waals surface area contributed by atoms with Crippen molar-refractivity contribution < 1.29 is 32.5 Å². The molecule has 1 aromatic carbocycles. The number of aliphatic hydroxyl groups excluding tert-OH is 2. The fraction of sp³-hybridized carbons (Fsp3) is 0.480. The molecule has 1 fully saturated rings. The van der Waals surface area contributed by atoms with E-state index in [0.717, 1.165) is 16.6 Å². The third-order valence-corrected chi connectivity index (χ3v) is 13.2. The fourth-order valence-electron chi connectivity index (χ4n) is 3.82. The first-order valence-electron chi connectivity index (χ1n) is 12.2. The zero-order valence-electron chi connectivity index (χ0n) is 22.0. The van der Waals surface area contributed by atoms with E-state index in [0.29, 0.717) is 4.90 Å². The highest BCUT2D eigenvalue weighted by atomic mass is 79.9. The highest BCUT2D eigenvalue weighted by Crippen LogP contribution is 2.41. The minimum absolute atomic E-state index is 0.0353. The molecule has 212 valence electrons. The SMILES string of the molecule is CC(C)(C)[Si](C)(C)OC[C@H]1O[C@H](Sc2cncc(Br)c2)[C@H](O)[C@@H](n2cc(-c3cc(F)c(F)c(F)c3)nn2)[C@H]1O. The number of thioether (sulfide) groups is 1. The smallest absolute Gasteiger partial charge is 0.194 e. The summed E-state index contributed by atoms with van der Waals surface area (Å²) < 4.78 is 55.6. The van der Waals surface area contributed by atoms with Crippen molar-refractivity contribution in [3.8, 4) is 11.3 Å². The van der Waals surface area contributed by atoms with Gasteiger partial charge in [-0.1, -0.05) is 37.7 Å². The van der Waals surface area contributed by atoms with E-state index in [4.69, 9.17) is 9.16 Å². The molecule has 0 amide bonds. The molecule has 5 atom stereocenters. The second kappa shape index (κ2) is 11.6. The highest BCUT2D eigenvalue weighted by molar-refractivity contribution is 9.10. The first-order valence-corrected chi connectivity index (χ1v) is 16.8. The summed E-state index contributed by atoms with van der Waals surface area (Å²) in [5.41, 5.74) is -0.860. The van der Waals surface area contributed by atoms with Crippen molar-refractivity contribution >= 4 is 36.0 Å². The van der Waals surface area contributed by atoms with E-state index >= 15 is 0 Å². The topological polar surface area (TPSA) is 103 Å². The van der Waals surface area contributed by atoms with E-state index in [2.05, 4.69) is 65.1 Å². The standard InChI is InChI=1S/C25H30BrF3N4O4SSi/c1-25(2,3)39(4,5)36-12-19-22(34)21(23(35)24(37-19)38-15-8-14(26)9-30-10-15)33-11-18(31-32-33)13-6-16(27)20(29)17(28)7-13/h6-11,19,21-24,34-35H,12H2,1-5H3/t19-,21+,22+,23-,24-/m1/s1. The molecule has 0 radical (unpaired) electrons. The molecule has 3 aromatic rings. The van der Waals surface area contributed by atoms with Crippen LogP contribution in [0.3, 0.4) is 0 Å². The number of aliphatic hydroxyl groups is 2. The van der Waals surface area contributed by atoms with Gasteiger partial charge in [-0.2, -0.15) is 0 Å². The van der Waals surface area contributed by atoms with E-state index in [1.807, 2.05) is 6.07 Å². The van der Waals surface area contributed by atoms with Crippen molar-refractivity contribution in [2.24, 2.45) is 0 Å². The molecule has 1 aliphatic rings. The van der Waals surface area contributed by atoms with Gasteiger partial charge in [0.2, 0.25) is 0 Å². The fourth-order valence-corrected chi connectivity index (χ4v) is 6.43. The lowest BCUT2D eigenvalue weighted by molar-refractivity contribution is -0.177. The predicted molar refractivity (Wildman–Crippen MR) is 146 cm³/mol. The van der Waals surface area contributed by atoms with Crippen molar-refractivity contribution in [2.45, 2.75) is 73.6 Å². The Bertz CT molecular complexity index is 1310. The molecule has 1 saturated heterocycles. The number of nitrogens with zero attached hydrogens (tertiary/aromatic N) is 4. The third kappa shape index (κ3) is 6.58. The van der Waals surface area contributed by atoms with E-state index in [1.54, 1.807) is 12.4 Å². The summed E-state index contributed by atoms with van der Waals surface area (Å²) in [6, 6.07) is 2.39. The Morgan fingerprint density at radius 3 is 2.38 bits per heavy atom. The van der Waals surface area contributed by atoms with Gasteiger partial charge in [0.15, 0.2) is 25.8 Å². The van der Waals surface area contributed by atoms with Gasteiger partial charge in [0.25, 0.3) is 0 Å². The second-order valence-corrected chi connectivity index (χ2v) is 17.8. The molecule has 2 aromatic heterocycles. The molecule has 0 bridgehead atoms. The minimum atomic E-state index is -2.21. The average Bonchev–Trinajstić information content (AvgIpc) is 3.32. The van der Waals surface area contributed by atoms with Crippen LogP contribution in [-0.2, 0) is 9.16 Å². The summed E-state index contributed by atoms with van der Waals surface area (Å²) >= 11 is 4.60. The number of pyridine rings is 1. The predicted octanol–water partition coefficient (Wildman–Crippen LogP) is 5.32. The largest absolute Gasteiger partial charge is 0.414 e. The molecule has 4 rings (SSSR count). The lowest BCUT2D eigenvalue weighted by Gasteiger charge is -2.44. The van der Waals surface area contributed by atoms with Crippen LogP contribution in [0.15, 0.2) is 46.2 Å². The summed E-state index contributed by atoms with van der Waals surface area (Å²) in [5.74, 6) is -4.33. The Labute approximate surface area is 238 Å². The van der Waals surface area contributed by atoms with E-state index in [9.17, 15) is 23.4 Å². The van der Waals surface area contributed by atoms with Crippen LogP contribution in [0.5, 0.6) is 0 Å². The van der Waals surface area contributed by atoms with Gasteiger partial charge in [-0.05, 0) is 52.3 Å². The first-order chi connectivity index (χ1) is 18.2. The Morgan fingerprint density at radius 2 is 1.77 bits per heavy atom. The third-order valence-electron chi connectivity index (χ3n) is 7.11. The number of hydrogen-bond acceptors (Lipinski definition) is 8. The van der Waals surface area contributed by atoms with Crippen molar-refractivity contribution in [3.05, 3.63) is 58.7 Å². The number of benzene rings is 1.